The molecule has 2 aromatic heterocycles. The Morgan fingerprint density at radius 3 is 2.62 bits per heavy atom. The standard InChI is InChI=1S/C14H20N4O3/c1-4-14-16-12(18-21-14)7-8-15-13(19)6-5-11-9(2)17-20-10(11)3/h4-8H2,1-3H3,(H,15,19). The summed E-state index contributed by atoms with van der Waals surface area (Å²) in [6, 6.07) is 0. The quantitative estimate of drug-likeness (QED) is 0.831. The number of aryl methyl sites for hydroxylation is 3. The zero-order valence-electron chi connectivity index (χ0n) is 12.6. The van der Waals surface area contributed by atoms with Crippen molar-refractivity contribution in [2.24, 2.45) is 0 Å². The highest BCUT2D eigenvalue weighted by Crippen LogP contribution is 2.14. The molecule has 0 aliphatic heterocycles. The van der Waals surface area contributed by atoms with Gasteiger partial charge in [-0.05, 0) is 20.3 Å². The van der Waals surface area contributed by atoms with E-state index in [4.69, 9.17) is 9.05 Å². The van der Waals surface area contributed by atoms with Gasteiger partial charge in [-0.2, -0.15) is 4.98 Å². The van der Waals surface area contributed by atoms with E-state index in [0.717, 1.165) is 23.4 Å². The Morgan fingerprint density at radius 1 is 1.19 bits per heavy atom. The molecule has 2 aromatic rings. The van der Waals surface area contributed by atoms with Gasteiger partial charge in [-0.3, -0.25) is 4.79 Å². The van der Waals surface area contributed by atoms with Crippen molar-refractivity contribution in [2.75, 3.05) is 6.54 Å². The molecule has 0 saturated carbocycles. The highest BCUT2D eigenvalue weighted by molar-refractivity contribution is 5.76. The summed E-state index contributed by atoms with van der Waals surface area (Å²) in [5.74, 6) is 2.01. The summed E-state index contributed by atoms with van der Waals surface area (Å²) in [5.41, 5.74) is 1.86. The number of carbonyl (C=O) groups is 1. The van der Waals surface area contributed by atoms with E-state index in [9.17, 15) is 4.79 Å². The van der Waals surface area contributed by atoms with Gasteiger partial charge >= 0.3 is 0 Å². The summed E-state index contributed by atoms with van der Waals surface area (Å²) in [7, 11) is 0. The molecule has 7 nitrogen and oxygen atoms in total. The molecule has 0 atom stereocenters. The van der Waals surface area contributed by atoms with Crippen molar-refractivity contribution in [1.29, 1.82) is 0 Å². The number of nitrogens with zero attached hydrogens (tertiary/aromatic N) is 3. The highest BCUT2D eigenvalue weighted by atomic mass is 16.5. The Labute approximate surface area is 123 Å². The number of nitrogens with one attached hydrogen (secondary N) is 1. The first-order chi connectivity index (χ1) is 10.1. The van der Waals surface area contributed by atoms with Gasteiger partial charge in [0.2, 0.25) is 11.8 Å². The first kappa shape index (κ1) is 15.2. The van der Waals surface area contributed by atoms with E-state index in [1.165, 1.54) is 0 Å². The van der Waals surface area contributed by atoms with E-state index in [1.807, 2.05) is 20.8 Å². The van der Waals surface area contributed by atoms with Crippen LogP contribution in [-0.4, -0.2) is 27.7 Å². The van der Waals surface area contributed by atoms with Crippen LogP contribution in [0, 0.1) is 13.8 Å². The van der Waals surface area contributed by atoms with Gasteiger partial charge in [-0.15, -0.1) is 0 Å². The minimum absolute atomic E-state index is 0.00536. The van der Waals surface area contributed by atoms with Crippen molar-refractivity contribution in [3.05, 3.63) is 28.7 Å². The molecule has 0 saturated heterocycles. The van der Waals surface area contributed by atoms with Gasteiger partial charge in [0, 0.05) is 31.4 Å². The summed E-state index contributed by atoms with van der Waals surface area (Å²) in [5, 5.41) is 10.6. The molecular formula is C14H20N4O3. The first-order valence-corrected chi connectivity index (χ1v) is 7.10. The minimum atomic E-state index is -0.00536. The smallest absolute Gasteiger partial charge is 0.226 e. The van der Waals surface area contributed by atoms with Gasteiger partial charge in [-0.25, -0.2) is 0 Å². The Morgan fingerprint density at radius 2 is 2.00 bits per heavy atom. The molecule has 114 valence electrons. The average molecular weight is 292 g/mol. The highest BCUT2D eigenvalue weighted by Gasteiger charge is 2.11. The molecule has 0 unspecified atom stereocenters. The van der Waals surface area contributed by atoms with Gasteiger partial charge in [0.1, 0.15) is 5.76 Å². The molecule has 0 aliphatic carbocycles. The van der Waals surface area contributed by atoms with E-state index in [1.54, 1.807) is 0 Å². The predicted octanol–water partition coefficient (Wildman–Crippen LogP) is 1.53. The molecule has 2 rings (SSSR count). The van der Waals surface area contributed by atoms with Crippen LogP contribution in [0.15, 0.2) is 9.05 Å². The maximum absolute atomic E-state index is 11.8. The number of hydrogen-bond acceptors (Lipinski definition) is 6. The lowest BCUT2D eigenvalue weighted by Gasteiger charge is -2.03. The third kappa shape index (κ3) is 4.14. The summed E-state index contributed by atoms with van der Waals surface area (Å²) in [4.78, 5) is 16.0. The molecule has 1 N–H and O–H groups in total. The van der Waals surface area contributed by atoms with Crippen molar-refractivity contribution in [1.82, 2.24) is 20.6 Å². The summed E-state index contributed by atoms with van der Waals surface area (Å²) >= 11 is 0. The number of rotatable bonds is 7. The molecule has 21 heavy (non-hydrogen) atoms. The number of carbonyl (C=O) groups excluding carboxylic acids is 1. The van der Waals surface area contributed by atoms with Crippen LogP contribution in [0.5, 0.6) is 0 Å². The van der Waals surface area contributed by atoms with Crippen molar-refractivity contribution < 1.29 is 13.8 Å². The summed E-state index contributed by atoms with van der Waals surface area (Å²) < 4.78 is 10.1. The van der Waals surface area contributed by atoms with E-state index in [0.29, 0.717) is 37.5 Å². The molecule has 0 bridgehead atoms. The summed E-state index contributed by atoms with van der Waals surface area (Å²) in [6.07, 6.45) is 2.34. The van der Waals surface area contributed by atoms with Crippen molar-refractivity contribution in [3.8, 4) is 0 Å². The lowest BCUT2D eigenvalue weighted by Crippen LogP contribution is -2.26. The van der Waals surface area contributed by atoms with Crippen molar-refractivity contribution >= 4 is 5.91 Å². The maximum atomic E-state index is 11.8. The lowest BCUT2D eigenvalue weighted by molar-refractivity contribution is -0.121. The van der Waals surface area contributed by atoms with Crippen LogP contribution < -0.4 is 5.32 Å². The lowest BCUT2D eigenvalue weighted by atomic mass is 10.1. The summed E-state index contributed by atoms with van der Waals surface area (Å²) in [6.45, 7) is 6.19. The van der Waals surface area contributed by atoms with Crippen LogP contribution in [0.2, 0.25) is 0 Å². The maximum Gasteiger partial charge on any atom is 0.226 e. The van der Waals surface area contributed by atoms with Crippen LogP contribution in [-0.2, 0) is 24.1 Å². The van der Waals surface area contributed by atoms with Crippen LogP contribution in [0.1, 0.15) is 42.1 Å². The van der Waals surface area contributed by atoms with Gasteiger partial charge < -0.3 is 14.4 Å². The SMILES string of the molecule is CCc1nc(CCNC(=O)CCc2c(C)noc2C)no1. The van der Waals surface area contributed by atoms with E-state index in [2.05, 4.69) is 20.6 Å². The fraction of sp³-hybridized carbons (Fsp3) is 0.571. The molecule has 0 spiro atoms. The average Bonchev–Trinajstić information content (AvgIpc) is 3.04. The number of hydrogen-bond donors (Lipinski definition) is 1. The molecule has 2 heterocycles. The third-order valence-corrected chi connectivity index (χ3v) is 3.27. The Kier molecular flexibility index (Phi) is 5.08. The van der Waals surface area contributed by atoms with Crippen LogP contribution in [0.4, 0.5) is 0 Å². The van der Waals surface area contributed by atoms with Gasteiger partial charge in [0.25, 0.3) is 0 Å². The largest absolute Gasteiger partial charge is 0.361 e. The zero-order chi connectivity index (χ0) is 15.2. The fourth-order valence-corrected chi connectivity index (χ4v) is 2.03. The molecule has 7 heteroatoms. The molecule has 0 fully saturated rings. The first-order valence-electron chi connectivity index (χ1n) is 7.10. The minimum Gasteiger partial charge on any atom is -0.361 e. The second-order valence-electron chi connectivity index (χ2n) is 4.86. The second-order valence-corrected chi connectivity index (χ2v) is 4.86. The van der Waals surface area contributed by atoms with Gasteiger partial charge in [0.05, 0.1) is 5.69 Å². The van der Waals surface area contributed by atoms with Crippen LogP contribution in [0.3, 0.4) is 0 Å². The Hall–Kier alpha value is -2.18. The van der Waals surface area contributed by atoms with Crippen LogP contribution in [0.25, 0.3) is 0 Å². The Bertz CT molecular complexity index is 584. The normalized spacial score (nSPS) is 10.8. The zero-order valence-corrected chi connectivity index (χ0v) is 12.6. The van der Waals surface area contributed by atoms with E-state index in [-0.39, 0.29) is 5.91 Å². The van der Waals surface area contributed by atoms with Crippen molar-refractivity contribution in [3.63, 3.8) is 0 Å². The predicted molar refractivity (Wildman–Crippen MR) is 74.7 cm³/mol. The van der Waals surface area contributed by atoms with E-state index >= 15 is 0 Å². The monoisotopic (exact) mass is 292 g/mol. The van der Waals surface area contributed by atoms with Crippen LogP contribution >= 0.6 is 0 Å². The van der Waals surface area contributed by atoms with Crippen molar-refractivity contribution in [2.45, 2.75) is 46.5 Å². The topological polar surface area (TPSA) is 94.1 Å². The number of amides is 1. The third-order valence-electron chi connectivity index (χ3n) is 3.27. The van der Waals surface area contributed by atoms with Gasteiger partial charge in [-0.1, -0.05) is 17.2 Å². The molecular weight excluding hydrogens is 272 g/mol. The van der Waals surface area contributed by atoms with E-state index < -0.39 is 0 Å². The molecule has 0 radical (unpaired) electrons. The van der Waals surface area contributed by atoms with Gasteiger partial charge in [0.15, 0.2) is 5.82 Å². The molecule has 1 amide bonds. The Balaban J connectivity index is 1.70. The molecule has 0 aromatic carbocycles. The number of aromatic nitrogens is 3. The fourth-order valence-electron chi connectivity index (χ4n) is 2.03. The molecule has 0 aliphatic rings. The second kappa shape index (κ2) is 7.01.